The van der Waals surface area contributed by atoms with E-state index in [-0.39, 0.29) is 24.9 Å². The normalized spacial score (nSPS) is 4.80. The topological polar surface area (TPSA) is 0 Å². The van der Waals surface area contributed by atoms with Crippen molar-refractivity contribution in [3.8, 4) is 0 Å². The molecule has 0 spiro atoms. The standard InChI is InChI=1S/2Al.3S. The summed E-state index contributed by atoms with van der Waals surface area (Å²) in [6.07, 6.45) is 0. The molecule has 0 nitrogen and oxygen atoms in total. The van der Waals surface area contributed by atoms with Crippen LogP contribution in [0.4, 0.5) is 0 Å². The molecule has 0 heterocycles. The van der Waals surface area contributed by atoms with E-state index in [0.717, 1.165) is 0 Å². The third-order valence-electron chi connectivity index (χ3n) is 0.111. The van der Waals surface area contributed by atoms with Gasteiger partial charge in [0.05, 0.1) is 0 Å². The molecule has 24 valence electrons. The first kappa shape index (κ1) is 6.85. The fraction of sp³-hybridized carbons (Fsp3) is 0. The zero-order valence-electron chi connectivity index (χ0n) is 2.38. The molecule has 0 aromatic rings. The average molecular weight is 150 g/mol. The van der Waals surface area contributed by atoms with E-state index in [0.29, 0.717) is 0 Å². The van der Waals surface area contributed by atoms with Gasteiger partial charge in [0.25, 0.3) is 0 Å². The molecule has 0 amide bonds. The molecule has 5 heavy (non-hydrogen) atoms. The van der Waals surface area contributed by atoms with E-state index in [1.165, 1.54) is 0 Å². The van der Waals surface area contributed by atoms with Gasteiger partial charge in [-0.05, 0) is 0 Å². The van der Waals surface area contributed by atoms with Crippen LogP contribution in [0.3, 0.4) is 0 Å². The Labute approximate surface area is 53.9 Å². The molecular formula is Al2S3. The Hall–Kier alpha value is 1.85. The molecule has 0 fully saturated rings. The van der Waals surface area contributed by atoms with E-state index in [4.69, 9.17) is 0 Å². The van der Waals surface area contributed by atoms with Crippen molar-refractivity contribution in [1.29, 1.82) is 0 Å². The summed E-state index contributed by atoms with van der Waals surface area (Å²) in [6, 6.07) is 0. The second-order valence-electron chi connectivity index (χ2n) is 0.329. The quantitative estimate of drug-likeness (QED) is 0.542. The van der Waals surface area contributed by atoms with Crippen LogP contribution in [-0.4, -0.2) is 24.9 Å². The van der Waals surface area contributed by atoms with E-state index in [9.17, 15) is 0 Å². The molecule has 0 aliphatic rings. The van der Waals surface area contributed by atoms with Gasteiger partial charge in [-0.15, -0.1) is 0 Å². The first-order valence-electron chi connectivity index (χ1n) is 0.943. The van der Waals surface area contributed by atoms with Crippen LogP contribution in [0.2, 0.25) is 0 Å². The Bertz CT molecular complexity index is 34.2. The maximum atomic E-state index is 4.65. The van der Waals surface area contributed by atoms with Gasteiger partial charge < -0.3 is 0 Å². The second kappa shape index (κ2) is 5.85. The Morgan fingerprint density at radius 1 is 1.20 bits per heavy atom. The molecule has 0 bridgehead atoms. The van der Waals surface area contributed by atoms with Crippen LogP contribution >= 0.6 is 29.5 Å². The Morgan fingerprint density at radius 2 is 1.60 bits per heavy atom. The van der Waals surface area contributed by atoms with E-state index in [1.807, 2.05) is 0 Å². The molecule has 0 aliphatic heterocycles. The SMILES string of the molecule is [S]=[Al][S][Al]=[S]. The van der Waals surface area contributed by atoms with Gasteiger partial charge in [0, 0.05) is 0 Å². The van der Waals surface area contributed by atoms with Crippen LogP contribution in [0, 0.1) is 0 Å². The van der Waals surface area contributed by atoms with Gasteiger partial charge in [0.2, 0.25) is 0 Å². The molecule has 0 aromatic carbocycles. The van der Waals surface area contributed by atoms with E-state index < -0.39 is 0 Å². The first-order chi connectivity index (χ1) is 2.41. The van der Waals surface area contributed by atoms with Gasteiger partial charge in [0.1, 0.15) is 0 Å². The number of hydrogen-bond donors (Lipinski definition) is 0. The Balaban J connectivity index is 2.65. The van der Waals surface area contributed by atoms with Crippen LogP contribution in [0.15, 0.2) is 0 Å². The van der Waals surface area contributed by atoms with Crippen molar-refractivity contribution in [1.82, 2.24) is 0 Å². The third kappa shape index (κ3) is 5.85. The van der Waals surface area contributed by atoms with Crippen molar-refractivity contribution in [2.75, 3.05) is 0 Å². The molecule has 0 saturated carbocycles. The van der Waals surface area contributed by atoms with Crippen molar-refractivity contribution in [2.24, 2.45) is 0 Å². The summed E-state index contributed by atoms with van der Waals surface area (Å²) >= 11 is 0.437. The minimum atomic E-state index is 0.219. The van der Waals surface area contributed by atoms with Crippen LogP contribution in [0.5, 0.6) is 0 Å². The maximum absolute atomic E-state index is 4.65. The molecule has 0 radical (unpaired) electrons. The van der Waals surface area contributed by atoms with Gasteiger partial charge in [-0.1, -0.05) is 0 Å². The van der Waals surface area contributed by atoms with Crippen molar-refractivity contribution in [3.63, 3.8) is 0 Å². The molecule has 5 heteroatoms. The average Bonchev–Trinajstić information content (AvgIpc) is 1.41. The summed E-state index contributed by atoms with van der Waals surface area (Å²) in [7, 11) is 11.1. The van der Waals surface area contributed by atoms with Crippen LogP contribution < -0.4 is 0 Å². The van der Waals surface area contributed by atoms with Crippen LogP contribution in [0.25, 0.3) is 0 Å². The van der Waals surface area contributed by atoms with E-state index in [2.05, 4.69) is 21.0 Å². The third-order valence-corrected chi connectivity index (χ3v) is 9.00. The fourth-order valence-corrected chi connectivity index (χ4v) is 5.51. The van der Waals surface area contributed by atoms with Crippen LogP contribution in [0.1, 0.15) is 0 Å². The zero-order valence-corrected chi connectivity index (χ0v) is 7.14. The van der Waals surface area contributed by atoms with Crippen molar-refractivity contribution in [3.05, 3.63) is 0 Å². The fourth-order valence-electron chi connectivity index (χ4n) is 0.0227. The van der Waals surface area contributed by atoms with Gasteiger partial charge in [-0.2, -0.15) is 0 Å². The second-order valence-corrected chi connectivity index (χ2v) is 8.87. The van der Waals surface area contributed by atoms with Gasteiger partial charge >= 0.3 is 54.4 Å². The molecule has 0 atom stereocenters. The molecule has 0 aromatic heterocycles. The summed E-state index contributed by atoms with van der Waals surface area (Å²) < 4.78 is 0. The van der Waals surface area contributed by atoms with Gasteiger partial charge in [-0.3, -0.25) is 0 Å². The van der Waals surface area contributed by atoms with Crippen molar-refractivity contribution < 1.29 is 0 Å². The number of rotatable bonds is 2. The summed E-state index contributed by atoms with van der Waals surface area (Å²) in [4.78, 5) is 0. The predicted molar refractivity (Wildman–Crippen MR) is 34.3 cm³/mol. The Kier molecular flexibility index (Phi) is 8.03. The number of hydrogen-bond acceptors (Lipinski definition) is 3. The van der Waals surface area contributed by atoms with Gasteiger partial charge in [-0.25, -0.2) is 0 Å². The predicted octanol–water partition coefficient (Wildman–Crippen LogP) is 1.18. The van der Waals surface area contributed by atoms with Crippen LogP contribution in [-0.2, 0) is 0 Å². The molecule has 0 unspecified atom stereocenters. The summed E-state index contributed by atoms with van der Waals surface area (Å²) in [5.41, 5.74) is 0. The molecular weight excluding hydrogens is 150 g/mol. The first-order valence-corrected chi connectivity index (χ1v) is 8.49. The minimum absolute atomic E-state index is 0.219. The Morgan fingerprint density at radius 3 is 1.60 bits per heavy atom. The van der Waals surface area contributed by atoms with E-state index >= 15 is 0 Å². The van der Waals surface area contributed by atoms with Gasteiger partial charge in [0.15, 0.2) is 0 Å². The summed E-state index contributed by atoms with van der Waals surface area (Å²) in [6.45, 7) is 0. The van der Waals surface area contributed by atoms with Crippen molar-refractivity contribution in [2.45, 2.75) is 0 Å². The van der Waals surface area contributed by atoms with E-state index in [1.54, 1.807) is 8.50 Å². The molecule has 0 saturated heterocycles. The zero-order chi connectivity index (χ0) is 4.12. The molecule has 0 aliphatic carbocycles. The molecule has 0 N–H and O–H groups in total. The van der Waals surface area contributed by atoms with Crippen molar-refractivity contribution >= 4 is 54.4 Å². The summed E-state index contributed by atoms with van der Waals surface area (Å²) in [5.74, 6) is 0. The summed E-state index contributed by atoms with van der Waals surface area (Å²) in [5, 5.41) is 0. The molecule has 0 rings (SSSR count). The monoisotopic (exact) mass is 150 g/mol.